The van der Waals surface area contributed by atoms with Gasteiger partial charge in [0.05, 0.1) is 25.0 Å². The number of carbonyl (C=O) groups excluding carboxylic acids is 1. The van der Waals surface area contributed by atoms with E-state index >= 15 is 0 Å². The molecule has 0 spiro atoms. The number of ether oxygens (including phenoxy) is 1. The Morgan fingerprint density at radius 1 is 1.00 bits per heavy atom. The lowest BCUT2D eigenvalue weighted by molar-refractivity contribution is -0.112. The van der Waals surface area contributed by atoms with Crippen molar-refractivity contribution in [2.24, 2.45) is 4.99 Å². The van der Waals surface area contributed by atoms with Crippen LogP contribution in [-0.2, 0) is 11.3 Å². The topological polar surface area (TPSA) is 41.9 Å². The van der Waals surface area contributed by atoms with Crippen LogP contribution in [0.2, 0.25) is 5.02 Å². The van der Waals surface area contributed by atoms with Crippen LogP contribution in [0.3, 0.4) is 0 Å². The van der Waals surface area contributed by atoms with E-state index in [0.29, 0.717) is 23.0 Å². The number of carbonyl (C=O) groups is 1. The normalized spacial score (nSPS) is 14.5. The average molecular weight is 377 g/mol. The van der Waals surface area contributed by atoms with E-state index in [0.717, 1.165) is 22.6 Å². The van der Waals surface area contributed by atoms with Crippen LogP contribution in [0.25, 0.3) is 0 Å². The van der Waals surface area contributed by atoms with Crippen molar-refractivity contribution in [3.05, 3.63) is 88.9 Å². The molecule has 0 aliphatic carbocycles. The third-order valence-electron chi connectivity index (χ3n) is 4.45. The fourth-order valence-corrected chi connectivity index (χ4v) is 3.27. The van der Waals surface area contributed by atoms with Crippen molar-refractivity contribution in [2.45, 2.75) is 6.54 Å². The van der Waals surface area contributed by atoms with Crippen molar-refractivity contribution in [3.8, 4) is 5.75 Å². The SMILES string of the molecule is COc1ccc(N=C2C(=O)N(Cc3ccccc3)c3ccc(Cl)cc32)cc1. The highest BCUT2D eigenvalue weighted by Crippen LogP contribution is 2.34. The van der Waals surface area contributed by atoms with Gasteiger partial charge in [0.25, 0.3) is 5.91 Å². The van der Waals surface area contributed by atoms with E-state index in [2.05, 4.69) is 4.99 Å². The highest BCUT2D eigenvalue weighted by atomic mass is 35.5. The second-order valence-corrected chi connectivity index (χ2v) is 6.63. The summed E-state index contributed by atoms with van der Waals surface area (Å²) in [5, 5.41) is 0.575. The van der Waals surface area contributed by atoms with Gasteiger partial charge in [0.2, 0.25) is 0 Å². The quantitative estimate of drug-likeness (QED) is 0.641. The van der Waals surface area contributed by atoms with Gasteiger partial charge in [0.15, 0.2) is 0 Å². The summed E-state index contributed by atoms with van der Waals surface area (Å²) < 4.78 is 5.17. The Bertz CT molecular complexity index is 1010. The Morgan fingerprint density at radius 2 is 1.74 bits per heavy atom. The number of benzene rings is 3. The van der Waals surface area contributed by atoms with Gasteiger partial charge < -0.3 is 9.64 Å². The molecular formula is C22H17ClN2O2. The van der Waals surface area contributed by atoms with Crippen molar-refractivity contribution in [3.63, 3.8) is 0 Å². The smallest absolute Gasteiger partial charge is 0.277 e. The van der Waals surface area contributed by atoms with Crippen molar-refractivity contribution >= 4 is 34.6 Å². The van der Waals surface area contributed by atoms with Crippen LogP contribution in [0.5, 0.6) is 5.75 Å². The Labute approximate surface area is 162 Å². The number of nitrogens with zero attached hydrogens (tertiary/aromatic N) is 2. The third-order valence-corrected chi connectivity index (χ3v) is 4.68. The molecule has 27 heavy (non-hydrogen) atoms. The Morgan fingerprint density at radius 3 is 2.44 bits per heavy atom. The summed E-state index contributed by atoms with van der Waals surface area (Å²) in [6, 6.07) is 22.6. The zero-order valence-corrected chi connectivity index (χ0v) is 15.5. The van der Waals surface area contributed by atoms with E-state index in [4.69, 9.17) is 16.3 Å². The van der Waals surface area contributed by atoms with E-state index in [9.17, 15) is 4.79 Å². The van der Waals surface area contributed by atoms with Crippen LogP contribution in [0.15, 0.2) is 77.8 Å². The Hall–Kier alpha value is -3.11. The molecule has 3 aromatic carbocycles. The predicted octanol–water partition coefficient (Wildman–Crippen LogP) is 5.02. The van der Waals surface area contributed by atoms with Crippen molar-refractivity contribution in [1.29, 1.82) is 0 Å². The second-order valence-electron chi connectivity index (χ2n) is 6.20. The largest absolute Gasteiger partial charge is 0.497 e. The lowest BCUT2D eigenvalue weighted by Gasteiger charge is -2.16. The van der Waals surface area contributed by atoms with Crippen LogP contribution in [0.4, 0.5) is 11.4 Å². The van der Waals surface area contributed by atoms with Crippen LogP contribution in [-0.4, -0.2) is 18.7 Å². The molecule has 5 heteroatoms. The number of amides is 1. The summed E-state index contributed by atoms with van der Waals surface area (Å²) >= 11 is 6.19. The zero-order valence-electron chi connectivity index (χ0n) is 14.7. The summed E-state index contributed by atoms with van der Waals surface area (Å²) in [4.78, 5) is 19.5. The number of aliphatic imine (C=N–C) groups is 1. The zero-order chi connectivity index (χ0) is 18.8. The molecular weight excluding hydrogens is 360 g/mol. The number of hydrogen-bond acceptors (Lipinski definition) is 3. The summed E-state index contributed by atoms with van der Waals surface area (Å²) in [5.74, 6) is 0.609. The number of anilines is 1. The van der Waals surface area contributed by atoms with Gasteiger partial charge in [0.1, 0.15) is 11.5 Å². The van der Waals surface area contributed by atoms with Gasteiger partial charge in [-0.1, -0.05) is 41.9 Å². The number of methoxy groups -OCH3 is 1. The van der Waals surface area contributed by atoms with E-state index < -0.39 is 0 Å². The van der Waals surface area contributed by atoms with E-state index in [-0.39, 0.29) is 5.91 Å². The highest BCUT2D eigenvalue weighted by molar-refractivity contribution is 6.55. The number of rotatable bonds is 4. The van der Waals surface area contributed by atoms with Crippen LogP contribution in [0, 0.1) is 0 Å². The van der Waals surface area contributed by atoms with E-state index in [1.807, 2.05) is 60.7 Å². The summed E-state index contributed by atoms with van der Waals surface area (Å²) in [6.45, 7) is 0.482. The maximum atomic E-state index is 13.1. The number of halogens is 1. The van der Waals surface area contributed by atoms with E-state index in [1.54, 1.807) is 24.1 Å². The molecule has 0 atom stereocenters. The van der Waals surface area contributed by atoms with Crippen molar-refractivity contribution in [2.75, 3.05) is 12.0 Å². The van der Waals surface area contributed by atoms with Crippen molar-refractivity contribution < 1.29 is 9.53 Å². The summed E-state index contributed by atoms with van der Waals surface area (Å²) in [5.41, 5.74) is 3.71. The molecule has 4 rings (SSSR count). The minimum Gasteiger partial charge on any atom is -0.497 e. The molecule has 1 aliphatic heterocycles. The third kappa shape index (κ3) is 3.44. The van der Waals surface area contributed by atoms with Gasteiger partial charge in [-0.3, -0.25) is 4.79 Å². The van der Waals surface area contributed by atoms with Gasteiger partial charge >= 0.3 is 0 Å². The lowest BCUT2D eigenvalue weighted by Crippen LogP contribution is -2.29. The molecule has 4 nitrogen and oxygen atoms in total. The molecule has 0 saturated carbocycles. The molecule has 134 valence electrons. The molecule has 1 aliphatic rings. The summed E-state index contributed by atoms with van der Waals surface area (Å²) in [6.07, 6.45) is 0. The molecule has 0 unspecified atom stereocenters. The molecule has 0 radical (unpaired) electrons. The minimum atomic E-state index is -0.132. The van der Waals surface area contributed by atoms with Crippen LogP contribution >= 0.6 is 11.6 Å². The van der Waals surface area contributed by atoms with E-state index in [1.165, 1.54) is 0 Å². The first-order chi connectivity index (χ1) is 13.2. The second kappa shape index (κ2) is 7.25. The van der Waals surface area contributed by atoms with Gasteiger partial charge in [-0.05, 0) is 48.0 Å². The fraction of sp³-hybridized carbons (Fsp3) is 0.0909. The lowest BCUT2D eigenvalue weighted by atomic mass is 10.1. The van der Waals surface area contributed by atoms with Gasteiger partial charge in [0, 0.05) is 10.6 Å². The summed E-state index contributed by atoms with van der Waals surface area (Å²) in [7, 11) is 1.61. The molecule has 1 amide bonds. The number of hydrogen-bond donors (Lipinski definition) is 0. The van der Waals surface area contributed by atoms with Crippen LogP contribution in [0.1, 0.15) is 11.1 Å². The van der Waals surface area contributed by atoms with Crippen LogP contribution < -0.4 is 9.64 Å². The first-order valence-corrected chi connectivity index (χ1v) is 8.92. The first-order valence-electron chi connectivity index (χ1n) is 8.54. The maximum Gasteiger partial charge on any atom is 0.277 e. The fourth-order valence-electron chi connectivity index (χ4n) is 3.10. The molecule has 0 saturated heterocycles. The molecule has 0 bridgehead atoms. The standard InChI is InChI=1S/C22H17ClN2O2/c1-27-18-10-8-17(9-11-18)24-21-19-13-16(23)7-12-20(19)25(22(21)26)14-15-5-3-2-4-6-15/h2-13H,14H2,1H3. The Kier molecular flexibility index (Phi) is 4.65. The highest BCUT2D eigenvalue weighted by Gasteiger charge is 2.34. The predicted molar refractivity (Wildman–Crippen MR) is 108 cm³/mol. The molecule has 0 fully saturated rings. The molecule has 1 heterocycles. The number of fused-ring (bicyclic) bond motifs is 1. The maximum absolute atomic E-state index is 13.1. The van der Waals surface area contributed by atoms with Crippen molar-refractivity contribution in [1.82, 2.24) is 0 Å². The van der Waals surface area contributed by atoms with Gasteiger partial charge in [-0.2, -0.15) is 0 Å². The average Bonchev–Trinajstić information content (AvgIpc) is 2.94. The first kappa shape index (κ1) is 17.3. The Balaban J connectivity index is 1.75. The molecule has 0 aromatic heterocycles. The molecule has 0 N–H and O–H groups in total. The van der Waals surface area contributed by atoms with Gasteiger partial charge in [-0.25, -0.2) is 4.99 Å². The van der Waals surface area contributed by atoms with Gasteiger partial charge in [-0.15, -0.1) is 0 Å². The molecule has 3 aromatic rings. The minimum absolute atomic E-state index is 0.132. The monoisotopic (exact) mass is 376 g/mol.